The summed E-state index contributed by atoms with van der Waals surface area (Å²) in [4.78, 5) is 10.4. The monoisotopic (exact) mass is 152 g/mol. The third-order valence-electron chi connectivity index (χ3n) is 1.27. The van der Waals surface area contributed by atoms with Crippen molar-refractivity contribution in [2.45, 2.75) is 13.3 Å². The van der Waals surface area contributed by atoms with E-state index in [9.17, 15) is 4.79 Å². The van der Waals surface area contributed by atoms with Crippen LogP contribution in [0.1, 0.15) is 13.3 Å². The van der Waals surface area contributed by atoms with Crippen molar-refractivity contribution in [2.75, 3.05) is 6.54 Å². The lowest BCUT2D eigenvalue weighted by Gasteiger charge is -1.98. The van der Waals surface area contributed by atoms with E-state index in [4.69, 9.17) is 0 Å². The smallest absolute Gasteiger partial charge is 0.216 e. The van der Waals surface area contributed by atoms with Crippen LogP contribution in [0.25, 0.3) is 0 Å². The number of allylic oxidation sites excluding steroid dienone is 1. The Hall–Kier alpha value is -1.32. The van der Waals surface area contributed by atoms with Crippen LogP contribution < -0.4 is 10.7 Å². The number of nitrogens with zero attached hydrogens (tertiary/aromatic N) is 2. The van der Waals surface area contributed by atoms with Crippen molar-refractivity contribution in [1.82, 2.24) is 10.7 Å². The molecule has 0 unspecified atom stereocenters. The molecule has 4 nitrogen and oxygen atoms in total. The summed E-state index contributed by atoms with van der Waals surface area (Å²) < 4.78 is 0. The molecule has 0 saturated heterocycles. The predicted molar refractivity (Wildman–Crippen MR) is 42.0 cm³/mol. The highest BCUT2D eigenvalue weighted by atomic mass is 16.1. The van der Waals surface area contributed by atoms with Gasteiger partial charge in [0.1, 0.15) is 0 Å². The zero-order valence-corrected chi connectivity index (χ0v) is 6.37. The summed E-state index contributed by atoms with van der Waals surface area (Å²) >= 11 is 0. The Morgan fingerprint density at radius 3 is 3.09 bits per heavy atom. The van der Waals surface area contributed by atoms with Crippen molar-refractivity contribution in [2.24, 2.45) is 5.10 Å². The van der Waals surface area contributed by atoms with Gasteiger partial charge in [-0.3, -0.25) is 4.79 Å². The van der Waals surface area contributed by atoms with Crippen molar-refractivity contribution in [3.05, 3.63) is 12.3 Å². The third-order valence-corrected chi connectivity index (χ3v) is 1.27. The summed E-state index contributed by atoms with van der Waals surface area (Å²) in [6, 6.07) is 0. The summed E-state index contributed by atoms with van der Waals surface area (Å²) in [6.07, 6.45) is 4.23. The van der Waals surface area contributed by atoms with Gasteiger partial charge in [0.2, 0.25) is 5.91 Å². The Morgan fingerprint density at radius 2 is 2.55 bits per heavy atom. The lowest BCUT2D eigenvalue weighted by atomic mass is 10.3. The molecule has 0 spiro atoms. The minimum Gasteiger partial charge on any atom is -0.356 e. The summed E-state index contributed by atoms with van der Waals surface area (Å²) in [5.74, 6) is -0.00971. The second-order valence-electron chi connectivity index (χ2n) is 2.26. The number of nitrogens with one attached hydrogen (secondary N) is 1. The van der Waals surface area contributed by atoms with E-state index in [0.29, 0.717) is 6.54 Å². The first kappa shape index (κ1) is 7.78. The molecule has 4 heteroatoms. The summed E-state index contributed by atoms with van der Waals surface area (Å²) in [5.41, 5.74) is 4.57. The highest BCUT2D eigenvalue weighted by Crippen LogP contribution is 1.93. The fraction of sp³-hybridized carbons (Fsp3) is 0.429. The molecule has 1 rings (SSSR count). The van der Waals surface area contributed by atoms with Gasteiger partial charge >= 0.3 is 0 Å². The van der Waals surface area contributed by atoms with Crippen LogP contribution in [0, 0.1) is 0 Å². The number of rotatable bonds is 3. The molecule has 1 radical (unpaired) electrons. The van der Waals surface area contributed by atoms with Gasteiger partial charge in [-0.1, -0.05) is 0 Å². The lowest BCUT2D eigenvalue weighted by Crippen LogP contribution is -2.22. The minimum atomic E-state index is -0.00971. The van der Waals surface area contributed by atoms with E-state index in [1.165, 1.54) is 6.92 Å². The van der Waals surface area contributed by atoms with E-state index < -0.39 is 0 Å². The molecular formula is C7H10N3O. The summed E-state index contributed by atoms with van der Waals surface area (Å²) in [5, 5.41) is 6.49. The molecule has 0 bridgehead atoms. The number of hydrogen-bond donors (Lipinski definition) is 1. The van der Waals surface area contributed by atoms with Crippen LogP contribution in [0.2, 0.25) is 0 Å². The van der Waals surface area contributed by atoms with Crippen LogP contribution in [0.3, 0.4) is 0 Å². The Kier molecular flexibility index (Phi) is 2.66. The van der Waals surface area contributed by atoms with Gasteiger partial charge < -0.3 is 5.32 Å². The predicted octanol–water partition coefficient (Wildman–Crippen LogP) is 0.000300. The van der Waals surface area contributed by atoms with Gasteiger partial charge in [0.25, 0.3) is 0 Å². The molecule has 1 aliphatic rings. The van der Waals surface area contributed by atoms with Gasteiger partial charge in [0.15, 0.2) is 0 Å². The normalized spacial score (nSPS) is 14.1. The number of hydrogen-bond acceptors (Lipinski definition) is 2. The van der Waals surface area contributed by atoms with Crippen molar-refractivity contribution in [3.8, 4) is 0 Å². The second kappa shape index (κ2) is 3.75. The first-order valence-electron chi connectivity index (χ1n) is 3.47. The van der Waals surface area contributed by atoms with Gasteiger partial charge in [0, 0.05) is 19.9 Å². The first-order valence-corrected chi connectivity index (χ1v) is 3.47. The molecule has 1 N–H and O–H groups in total. The van der Waals surface area contributed by atoms with Gasteiger partial charge in [-0.25, -0.2) is 0 Å². The minimum absolute atomic E-state index is 0.00971. The molecule has 0 aliphatic carbocycles. The quantitative estimate of drug-likeness (QED) is 0.608. The Balaban J connectivity index is 2.12. The lowest BCUT2D eigenvalue weighted by molar-refractivity contribution is -0.118. The Labute approximate surface area is 65.4 Å². The molecule has 0 saturated carbocycles. The molecule has 59 valence electrons. The van der Waals surface area contributed by atoms with E-state index >= 15 is 0 Å². The van der Waals surface area contributed by atoms with Crippen LogP contribution in [0.4, 0.5) is 0 Å². The number of carbonyl (C=O) groups is 1. The van der Waals surface area contributed by atoms with Crippen molar-refractivity contribution < 1.29 is 4.79 Å². The van der Waals surface area contributed by atoms with E-state index in [-0.39, 0.29) is 5.91 Å². The van der Waals surface area contributed by atoms with Crippen LogP contribution in [-0.4, -0.2) is 18.2 Å². The summed E-state index contributed by atoms with van der Waals surface area (Å²) in [6.45, 7) is 2.13. The Morgan fingerprint density at radius 1 is 1.73 bits per heavy atom. The van der Waals surface area contributed by atoms with Crippen molar-refractivity contribution in [3.63, 3.8) is 0 Å². The zero-order valence-electron chi connectivity index (χ0n) is 6.37. The molecule has 0 aromatic carbocycles. The van der Waals surface area contributed by atoms with Gasteiger partial charge in [-0.05, 0) is 6.08 Å². The molecule has 11 heavy (non-hydrogen) atoms. The molecule has 0 fully saturated rings. The average molecular weight is 152 g/mol. The second-order valence-corrected chi connectivity index (χ2v) is 2.26. The average Bonchev–Trinajstić information content (AvgIpc) is 2.39. The SMILES string of the molecule is CC(=O)NCCC1=N[N]C=C1. The van der Waals surface area contributed by atoms with Crippen LogP contribution in [0.15, 0.2) is 17.4 Å². The molecule has 1 amide bonds. The van der Waals surface area contributed by atoms with Crippen LogP contribution >= 0.6 is 0 Å². The maximum Gasteiger partial charge on any atom is 0.216 e. The summed E-state index contributed by atoms with van der Waals surface area (Å²) in [7, 11) is 0. The Bertz CT molecular complexity index is 208. The third kappa shape index (κ3) is 2.84. The van der Waals surface area contributed by atoms with Crippen molar-refractivity contribution >= 4 is 11.6 Å². The standard InChI is InChI=1S/C7H10N3O/c1-6(11)8-4-2-7-3-5-9-10-7/h3,5H,2,4H2,1H3,(H,8,11). The maximum absolute atomic E-state index is 10.4. The highest BCUT2D eigenvalue weighted by Gasteiger charge is 1.99. The van der Waals surface area contributed by atoms with E-state index in [2.05, 4.69) is 15.8 Å². The van der Waals surface area contributed by atoms with Crippen molar-refractivity contribution in [1.29, 1.82) is 0 Å². The fourth-order valence-electron chi connectivity index (χ4n) is 0.760. The van der Waals surface area contributed by atoms with E-state index in [1.807, 2.05) is 6.08 Å². The van der Waals surface area contributed by atoms with Crippen LogP contribution in [-0.2, 0) is 4.79 Å². The van der Waals surface area contributed by atoms with E-state index in [1.54, 1.807) is 6.20 Å². The number of amides is 1. The largest absolute Gasteiger partial charge is 0.356 e. The molecule has 1 heterocycles. The maximum atomic E-state index is 10.4. The van der Waals surface area contributed by atoms with Gasteiger partial charge in [-0.2, -0.15) is 10.5 Å². The molecule has 0 aromatic heterocycles. The highest BCUT2D eigenvalue weighted by molar-refractivity contribution is 5.96. The molecule has 1 aliphatic heterocycles. The van der Waals surface area contributed by atoms with Crippen LogP contribution in [0.5, 0.6) is 0 Å². The molecular weight excluding hydrogens is 142 g/mol. The van der Waals surface area contributed by atoms with E-state index in [0.717, 1.165) is 12.1 Å². The molecule has 0 aromatic rings. The first-order chi connectivity index (χ1) is 5.29. The van der Waals surface area contributed by atoms with Gasteiger partial charge in [0.05, 0.1) is 11.9 Å². The number of carbonyl (C=O) groups excluding carboxylic acids is 1. The topological polar surface area (TPSA) is 55.6 Å². The fourth-order valence-corrected chi connectivity index (χ4v) is 0.760. The zero-order chi connectivity index (χ0) is 8.10. The van der Waals surface area contributed by atoms with Gasteiger partial charge in [-0.15, -0.1) is 0 Å². The molecule has 0 atom stereocenters.